The SMILES string of the molecule is CC(=O)C[C@H](O)C(C)(C)C. The highest BCUT2D eigenvalue weighted by atomic mass is 16.3. The van der Waals surface area contributed by atoms with Gasteiger partial charge in [0.15, 0.2) is 0 Å². The molecule has 0 radical (unpaired) electrons. The Hall–Kier alpha value is -0.370. The van der Waals surface area contributed by atoms with Crippen molar-refractivity contribution in [3.8, 4) is 0 Å². The van der Waals surface area contributed by atoms with Crippen molar-refractivity contribution in [2.75, 3.05) is 0 Å². The predicted molar refractivity (Wildman–Crippen MR) is 40.8 cm³/mol. The summed E-state index contributed by atoms with van der Waals surface area (Å²) in [6.45, 7) is 7.25. The quantitative estimate of drug-likeness (QED) is 0.635. The number of rotatable bonds is 2. The maximum Gasteiger partial charge on any atom is 0.132 e. The monoisotopic (exact) mass is 144 g/mol. The summed E-state index contributed by atoms with van der Waals surface area (Å²) in [6, 6.07) is 0. The molecule has 2 heteroatoms. The van der Waals surface area contributed by atoms with Crippen molar-refractivity contribution >= 4 is 5.78 Å². The Morgan fingerprint density at radius 3 is 2.00 bits per heavy atom. The van der Waals surface area contributed by atoms with Crippen LogP contribution in [0.25, 0.3) is 0 Å². The molecular formula is C8H16O2. The lowest BCUT2D eigenvalue weighted by Gasteiger charge is -2.24. The molecule has 0 bridgehead atoms. The first-order chi connectivity index (χ1) is 4.34. The van der Waals surface area contributed by atoms with E-state index >= 15 is 0 Å². The third kappa shape index (κ3) is 3.62. The van der Waals surface area contributed by atoms with E-state index in [1.807, 2.05) is 20.8 Å². The maximum atomic E-state index is 10.5. The maximum absolute atomic E-state index is 10.5. The van der Waals surface area contributed by atoms with Crippen LogP contribution in [0.4, 0.5) is 0 Å². The van der Waals surface area contributed by atoms with E-state index in [1.165, 1.54) is 6.92 Å². The molecule has 0 aliphatic rings. The lowest BCUT2D eigenvalue weighted by atomic mass is 9.86. The zero-order chi connectivity index (χ0) is 8.36. The molecule has 60 valence electrons. The highest BCUT2D eigenvalue weighted by molar-refractivity contribution is 5.76. The number of ketones is 1. The molecule has 1 N–H and O–H groups in total. The van der Waals surface area contributed by atoms with Gasteiger partial charge in [-0.1, -0.05) is 20.8 Å². The largest absolute Gasteiger partial charge is 0.392 e. The van der Waals surface area contributed by atoms with Crippen LogP contribution in [0.3, 0.4) is 0 Å². The molecule has 0 spiro atoms. The number of carbonyl (C=O) groups is 1. The third-order valence-corrected chi connectivity index (χ3v) is 1.48. The van der Waals surface area contributed by atoms with Crippen molar-refractivity contribution in [3.05, 3.63) is 0 Å². The lowest BCUT2D eigenvalue weighted by Crippen LogP contribution is -2.27. The Bertz CT molecular complexity index is 122. The normalized spacial score (nSPS) is 14.9. The smallest absolute Gasteiger partial charge is 0.132 e. The average molecular weight is 144 g/mol. The van der Waals surface area contributed by atoms with Gasteiger partial charge in [0.1, 0.15) is 5.78 Å². The van der Waals surface area contributed by atoms with Crippen LogP contribution in [-0.4, -0.2) is 17.0 Å². The number of hydrogen-bond acceptors (Lipinski definition) is 2. The highest BCUT2D eigenvalue weighted by Crippen LogP contribution is 2.21. The summed E-state index contributed by atoms with van der Waals surface area (Å²) in [4.78, 5) is 10.5. The Labute approximate surface area is 62.2 Å². The van der Waals surface area contributed by atoms with Crippen LogP contribution in [-0.2, 0) is 4.79 Å². The summed E-state index contributed by atoms with van der Waals surface area (Å²) >= 11 is 0. The van der Waals surface area contributed by atoms with Gasteiger partial charge < -0.3 is 5.11 Å². The van der Waals surface area contributed by atoms with E-state index in [0.717, 1.165) is 0 Å². The topological polar surface area (TPSA) is 37.3 Å². The number of aliphatic hydroxyl groups is 1. The fourth-order valence-electron chi connectivity index (χ4n) is 0.578. The molecule has 0 aliphatic carbocycles. The van der Waals surface area contributed by atoms with E-state index in [0.29, 0.717) is 0 Å². The molecule has 0 unspecified atom stereocenters. The Kier molecular flexibility index (Phi) is 3.03. The van der Waals surface area contributed by atoms with Crippen LogP contribution < -0.4 is 0 Å². The van der Waals surface area contributed by atoms with Crippen LogP contribution in [0, 0.1) is 5.41 Å². The zero-order valence-electron chi connectivity index (χ0n) is 7.14. The summed E-state index contributed by atoms with van der Waals surface area (Å²) in [6.07, 6.45) is -0.242. The first-order valence-electron chi connectivity index (χ1n) is 3.51. The summed E-state index contributed by atoms with van der Waals surface area (Å²) in [7, 11) is 0. The van der Waals surface area contributed by atoms with Crippen molar-refractivity contribution in [3.63, 3.8) is 0 Å². The molecular weight excluding hydrogens is 128 g/mol. The van der Waals surface area contributed by atoms with Gasteiger partial charge in [0.2, 0.25) is 0 Å². The minimum absolute atomic E-state index is 0.0439. The molecule has 0 heterocycles. The molecule has 0 saturated heterocycles. The van der Waals surface area contributed by atoms with E-state index in [1.54, 1.807) is 0 Å². The van der Waals surface area contributed by atoms with Gasteiger partial charge >= 0.3 is 0 Å². The van der Waals surface area contributed by atoms with E-state index in [2.05, 4.69) is 0 Å². The second-order valence-electron chi connectivity index (χ2n) is 3.79. The summed E-state index contributed by atoms with van der Waals surface area (Å²) < 4.78 is 0. The Balaban J connectivity index is 3.85. The van der Waals surface area contributed by atoms with Crippen molar-refractivity contribution in [2.45, 2.75) is 40.2 Å². The second-order valence-corrected chi connectivity index (χ2v) is 3.79. The van der Waals surface area contributed by atoms with Gasteiger partial charge in [-0.25, -0.2) is 0 Å². The third-order valence-electron chi connectivity index (χ3n) is 1.48. The van der Waals surface area contributed by atoms with E-state index in [4.69, 9.17) is 0 Å². The van der Waals surface area contributed by atoms with Crippen molar-refractivity contribution in [1.29, 1.82) is 0 Å². The minimum Gasteiger partial charge on any atom is -0.392 e. The van der Waals surface area contributed by atoms with Crippen LogP contribution in [0.2, 0.25) is 0 Å². The van der Waals surface area contributed by atoms with Crippen molar-refractivity contribution in [1.82, 2.24) is 0 Å². The Morgan fingerprint density at radius 2 is 1.90 bits per heavy atom. The Morgan fingerprint density at radius 1 is 1.50 bits per heavy atom. The molecule has 1 atom stereocenters. The van der Waals surface area contributed by atoms with Gasteiger partial charge in [0.05, 0.1) is 6.10 Å². The molecule has 0 fully saturated rings. The number of aliphatic hydroxyl groups excluding tert-OH is 1. The van der Waals surface area contributed by atoms with Gasteiger partial charge in [-0.3, -0.25) is 4.79 Å². The summed E-state index contributed by atoms with van der Waals surface area (Å²) in [5, 5.41) is 9.34. The van der Waals surface area contributed by atoms with E-state index in [9.17, 15) is 9.90 Å². The zero-order valence-corrected chi connectivity index (χ0v) is 7.14. The van der Waals surface area contributed by atoms with Gasteiger partial charge in [0.25, 0.3) is 0 Å². The number of hydrogen-bond donors (Lipinski definition) is 1. The molecule has 0 saturated carbocycles. The van der Waals surface area contributed by atoms with Crippen LogP contribution in [0.5, 0.6) is 0 Å². The molecule has 2 nitrogen and oxygen atoms in total. The van der Waals surface area contributed by atoms with Crippen LogP contribution in [0.15, 0.2) is 0 Å². The first kappa shape index (κ1) is 9.63. The molecule has 0 aromatic rings. The fourth-order valence-corrected chi connectivity index (χ4v) is 0.578. The average Bonchev–Trinajstić information content (AvgIpc) is 1.60. The predicted octanol–water partition coefficient (Wildman–Crippen LogP) is 1.37. The van der Waals surface area contributed by atoms with E-state index in [-0.39, 0.29) is 17.6 Å². The summed E-state index contributed by atoms with van der Waals surface area (Å²) in [5.74, 6) is 0.0439. The van der Waals surface area contributed by atoms with Gasteiger partial charge in [-0.05, 0) is 12.3 Å². The lowest BCUT2D eigenvalue weighted by molar-refractivity contribution is -0.120. The van der Waals surface area contributed by atoms with Gasteiger partial charge in [0, 0.05) is 6.42 Å². The molecule has 0 aliphatic heterocycles. The van der Waals surface area contributed by atoms with Crippen molar-refractivity contribution < 1.29 is 9.90 Å². The molecule has 0 amide bonds. The summed E-state index contributed by atoms with van der Waals surface area (Å²) in [5.41, 5.74) is -0.175. The van der Waals surface area contributed by atoms with Crippen LogP contribution in [0.1, 0.15) is 34.1 Å². The highest BCUT2D eigenvalue weighted by Gasteiger charge is 2.22. The first-order valence-corrected chi connectivity index (χ1v) is 3.51. The van der Waals surface area contributed by atoms with Crippen LogP contribution >= 0.6 is 0 Å². The second kappa shape index (κ2) is 3.15. The van der Waals surface area contributed by atoms with Crippen molar-refractivity contribution in [2.24, 2.45) is 5.41 Å². The molecule has 0 rings (SSSR count). The number of Topliss-reactive ketones (excluding diaryl/α,β-unsaturated/α-hetero) is 1. The number of carbonyl (C=O) groups excluding carboxylic acids is 1. The molecule has 10 heavy (non-hydrogen) atoms. The molecule has 0 aromatic heterocycles. The molecule has 0 aromatic carbocycles. The minimum atomic E-state index is -0.509. The van der Waals surface area contributed by atoms with Gasteiger partial charge in [-0.2, -0.15) is 0 Å². The van der Waals surface area contributed by atoms with Gasteiger partial charge in [-0.15, -0.1) is 0 Å². The standard InChI is InChI=1S/C8H16O2/c1-6(9)5-7(10)8(2,3)4/h7,10H,5H2,1-4H3/t7-/m0/s1. The fraction of sp³-hybridized carbons (Fsp3) is 0.875. The van der Waals surface area contributed by atoms with E-state index < -0.39 is 6.10 Å².